The molecule has 170 valence electrons. The largest absolute Gasteiger partial charge is 0.491 e. The van der Waals surface area contributed by atoms with Gasteiger partial charge in [-0.15, -0.1) is 5.10 Å². The molecule has 3 unspecified atom stereocenters. The van der Waals surface area contributed by atoms with Gasteiger partial charge in [-0.25, -0.2) is 0 Å². The number of benzene rings is 1. The quantitative estimate of drug-likeness (QED) is 0.618. The number of rotatable bonds is 8. The minimum absolute atomic E-state index is 0.122. The van der Waals surface area contributed by atoms with E-state index >= 15 is 0 Å². The number of fused-ring (bicyclic) bond motifs is 1. The van der Waals surface area contributed by atoms with Crippen LogP contribution in [0.5, 0.6) is 11.6 Å². The van der Waals surface area contributed by atoms with Gasteiger partial charge in [0.15, 0.2) is 0 Å². The molecule has 2 N–H and O–H groups in total. The van der Waals surface area contributed by atoms with Gasteiger partial charge in [0, 0.05) is 23.7 Å². The molecule has 0 radical (unpaired) electrons. The molecular formula is C23H32N2O6. The van der Waals surface area contributed by atoms with E-state index in [9.17, 15) is 10.2 Å². The van der Waals surface area contributed by atoms with Crippen molar-refractivity contribution in [1.29, 1.82) is 0 Å². The van der Waals surface area contributed by atoms with Crippen LogP contribution in [0.4, 0.5) is 0 Å². The molecule has 8 nitrogen and oxygen atoms in total. The third kappa shape index (κ3) is 4.57. The Kier molecular flexibility index (Phi) is 6.25. The van der Waals surface area contributed by atoms with Crippen LogP contribution >= 0.6 is 0 Å². The lowest BCUT2D eigenvalue weighted by molar-refractivity contribution is -0.197. The molecule has 0 saturated carbocycles. The van der Waals surface area contributed by atoms with Gasteiger partial charge in [-0.2, -0.15) is 0 Å². The molecule has 0 aliphatic carbocycles. The molecule has 0 spiro atoms. The standard InChI is InChI=1S/C23H32N2O6/c1-12(2)25-14(5)17(10-15-6-8-16(9-7-15)28-13(3)4)22(24-25)31-23-19(27)21-20(30-21)18(11-26)29-23/h6-9,12-13,18-21,23,26-27H,10-11H2,1-5H3/t18?,19-,20?,21-,23?/m1/s1. The highest BCUT2D eigenvalue weighted by Crippen LogP contribution is 2.38. The van der Waals surface area contributed by atoms with E-state index in [1.54, 1.807) is 0 Å². The third-order valence-corrected chi connectivity index (χ3v) is 5.66. The van der Waals surface area contributed by atoms with Gasteiger partial charge in [-0.1, -0.05) is 12.1 Å². The van der Waals surface area contributed by atoms with Gasteiger partial charge in [0.05, 0.1) is 12.7 Å². The second-order valence-corrected chi connectivity index (χ2v) is 8.79. The molecule has 2 aromatic rings. The number of epoxide rings is 1. The molecule has 3 heterocycles. The van der Waals surface area contributed by atoms with Crippen molar-refractivity contribution in [3.8, 4) is 11.6 Å². The van der Waals surface area contributed by atoms with E-state index in [0.717, 1.165) is 22.6 Å². The first-order chi connectivity index (χ1) is 14.8. The average Bonchev–Trinajstić information content (AvgIpc) is 3.47. The second-order valence-electron chi connectivity index (χ2n) is 8.79. The first-order valence-electron chi connectivity index (χ1n) is 10.9. The molecule has 4 rings (SSSR count). The van der Waals surface area contributed by atoms with Crippen molar-refractivity contribution in [3.05, 3.63) is 41.1 Å². The summed E-state index contributed by atoms with van der Waals surface area (Å²) in [6.07, 6.45) is -2.30. The monoisotopic (exact) mass is 432 g/mol. The molecule has 0 amide bonds. The average molecular weight is 433 g/mol. The van der Waals surface area contributed by atoms with Gasteiger partial charge in [-0.05, 0) is 52.3 Å². The van der Waals surface area contributed by atoms with Gasteiger partial charge in [0.25, 0.3) is 0 Å². The van der Waals surface area contributed by atoms with E-state index in [1.807, 2.05) is 49.7 Å². The van der Waals surface area contributed by atoms with E-state index < -0.39 is 18.5 Å². The lowest BCUT2D eigenvalue weighted by atomic mass is 10.0. The van der Waals surface area contributed by atoms with Crippen molar-refractivity contribution in [2.24, 2.45) is 0 Å². The van der Waals surface area contributed by atoms with Crippen LogP contribution in [-0.4, -0.2) is 63.4 Å². The van der Waals surface area contributed by atoms with Crippen LogP contribution in [-0.2, 0) is 15.9 Å². The summed E-state index contributed by atoms with van der Waals surface area (Å²) in [4.78, 5) is 0. The Labute approximate surface area is 182 Å². The molecular weight excluding hydrogens is 400 g/mol. The van der Waals surface area contributed by atoms with Gasteiger partial charge in [-0.3, -0.25) is 4.68 Å². The Balaban J connectivity index is 1.57. The van der Waals surface area contributed by atoms with Crippen LogP contribution in [0.2, 0.25) is 0 Å². The van der Waals surface area contributed by atoms with Gasteiger partial charge in [0.1, 0.15) is 30.2 Å². The molecule has 1 aromatic carbocycles. The van der Waals surface area contributed by atoms with E-state index in [0.29, 0.717) is 12.3 Å². The topological polar surface area (TPSA) is 98.5 Å². The van der Waals surface area contributed by atoms with Crippen LogP contribution < -0.4 is 9.47 Å². The zero-order valence-electron chi connectivity index (χ0n) is 18.7. The number of ether oxygens (including phenoxy) is 4. The molecule has 2 fully saturated rings. The van der Waals surface area contributed by atoms with Crippen LogP contribution in [0.3, 0.4) is 0 Å². The maximum absolute atomic E-state index is 10.5. The number of hydrogen-bond acceptors (Lipinski definition) is 7. The summed E-state index contributed by atoms with van der Waals surface area (Å²) >= 11 is 0. The van der Waals surface area contributed by atoms with E-state index in [4.69, 9.17) is 18.9 Å². The minimum atomic E-state index is -0.948. The number of aliphatic hydroxyl groups excluding tert-OH is 2. The number of aromatic nitrogens is 2. The van der Waals surface area contributed by atoms with E-state index in [1.165, 1.54) is 0 Å². The Bertz CT molecular complexity index is 894. The molecule has 1 aromatic heterocycles. The highest BCUT2D eigenvalue weighted by Gasteiger charge is 2.58. The van der Waals surface area contributed by atoms with Crippen molar-refractivity contribution in [3.63, 3.8) is 0 Å². The maximum Gasteiger partial charge on any atom is 0.239 e. The SMILES string of the molecule is Cc1c(Cc2ccc(OC(C)C)cc2)c(OC2OC(CO)C3O[C@@H]3[C@H]2O)nn1C(C)C. The van der Waals surface area contributed by atoms with Crippen molar-refractivity contribution in [2.75, 3.05) is 6.61 Å². The van der Waals surface area contributed by atoms with Gasteiger partial charge >= 0.3 is 0 Å². The molecule has 2 saturated heterocycles. The fourth-order valence-electron chi connectivity index (χ4n) is 4.04. The lowest BCUT2D eigenvalue weighted by Crippen LogP contribution is -2.49. The van der Waals surface area contributed by atoms with Crippen molar-refractivity contribution < 1.29 is 29.2 Å². The minimum Gasteiger partial charge on any atom is -0.491 e. The van der Waals surface area contributed by atoms with Crippen LogP contribution in [0, 0.1) is 6.92 Å². The number of hydrogen-bond donors (Lipinski definition) is 2. The zero-order valence-corrected chi connectivity index (χ0v) is 18.7. The van der Waals surface area contributed by atoms with Crippen molar-refractivity contribution in [2.45, 2.75) is 83.9 Å². The highest BCUT2D eigenvalue weighted by atomic mass is 16.7. The Morgan fingerprint density at radius 2 is 1.81 bits per heavy atom. The summed E-state index contributed by atoms with van der Waals surface area (Å²) in [6, 6.07) is 8.13. The van der Waals surface area contributed by atoms with Crippen LogP contribution in [0.15, 0.2) is 24.3 Å². The van der Waals surface area contributed by atoms with Crippen LogP contribution in [0.1, 0.15) is 50.6 Å². The van der Waals surface area contributed by atoms with Crippen LogP contribution in [0.25, 0.3) is 0 Å². The number of nitrogens with zero attached hydrogens (tertiary/aromatic N) is 2. The van der Waals surface area contributed by atoms with E-state index in [-0.39, 0.29) is 31.0 Å². The second kappa shape index (κ2) is 8.78. The Morgan fingerprint density at radius 3 is 2.42 bits per heavy atom. The summed E-state index contributed by atoms with van der Waals surface area (Å²) in [5, 5.41) is 24.7. The Hall–Kier alpha value is -2.13. The van der Waals surface area contributed by atoms with Gasteiger partial charge in [0.2, 0.25) is 12.2 Å². The highest BCUT2D eigenvalue weighted by molar-refractivity contribution is 5.38. The maximum atomic E-state index is 10.5. The fraction of sp³-hybridized carbons (Fsp3) is 0.609. The Morgan fingerprint density at radius 1 is 1.10 bits per heavy atom. The molecule has 31 heavy (non-hydrogen) atoms. The smallest absolute Gasteiger partial charge is 0.239 e. The third-order valence-electron chi connectivity index (χ3n) is 5.66. The van der Waals surface area contributed by atoms with Crippen molar-refractivity contribution >= 4 is 0 Å². The summed E-state index contributed by atoms with van der Waals surface area (Å²) < 4.78 is 24.9. The molecule has 2 aliphatic heterocycles. The summed E-state index contributed by atoms with van der Waals surface area (Å²) in [7, 11) is 0. The molecule has 0 bridgehead atoms. The summed E-state index contributed by atoms with van der Waals surface area (Å²) in [6.45, 7) is 9.94. The zero-order chi connectivity index (χ0) is 22.3. The van der Waals surface area contributed by atoms with Crippen molar-refractivity contribution in [1.82, 2.24) is 9.78 Å². The molecule has 5 atom stereocenters. The summed E-state index contributed by atoms with van der Waals surface area (Å²) in [5.41, 5.74) is 3.02. The van der Waals surface area contributed by atoms with Gasteiger partial charge < -0.3 is 29.2 Å². The fourth-order valence-corrected chi connectivity index (χ4v) is 4.04. The molecule has 2 aliphatic rings. The predicted octanol–water partition coefficient (Wildman–Crippen LogP) is 2.37. The first kappa shape index (κ1) is 22.1. The number of aliphatic hydroxyl groups is 2. The first-order valence-corrected chi connectivity index (χ1v) is 10.9. The lowest BCUT2D eigenvalue weighted by Gasteiger charge is -2.29. The predicted molar refractivity (Wildman–Crippen MR) is 113 cm³/mol. The van der Waals surface area contributed by atoms with E-state index in [2.05, 4.69) is 18.9 Å². The normalized spacial score (nSPS) is 27.5. The molecule has 8 heteroatoms. The summed E-state index contributed by atoms with van der Waals surface area (Å²) in [5.74, 6) is 1.26.